The molecular formula is C26H22N4O4. The molecule has 0 amide bonds. The third-order valence-electron chi connectivity index (χ3n) is 5.61. The topological polar surface area (TPSA) is 103 Å². The molecule has 0 saturated heterocycles. The Morgan fingerprint density at radius 2 is 1.79 bits per heavy atom. The number of aromatic amines is 1. The molecule has 170 valence electrons. The number of benzene rings is 3. The molecule has 0 aliphatic rings. The Balaban J connectivity index is 1.53. The zero-order chi connectivity index (χ0) is 23.7. The summed E-state index contributed by atoms with van der Waals surface area (Å²) in [5.74, 6) is -0.233. The second kappa shape index (κ2) is 8.82. The fourth-order valence-corrected chi connectivity index (χ4v) is 4.09. The van der Waals surface area contributed by atoms with Gasteiger partial charge in [0.2, 0.25) is 0 Å². The maximum absolute atomic E-state index is 12.3. The molecule has 0 radical (unpaired) electrons. The number of carbonyl (C=O) groups is 1. The number of Topliss-reactive ketones (excluding diaryl/α,β-unsaturated/α-hetero) is 1. The molecule has 2 heterocycles. The standard InChI is InChI=1S/C26H22N4O4/c1-3-33-25-27-22-10-6-9-19(16(2)31)23(22)30(25)15-17-11-13-18(14-12-17)20-7-4-5-8-21(20)24-28-26(32)34-29-24/h4-14H,3,15H2,1-2H3,(H,28,29,32). The van der Waals surface area contributed by atoms with Gasteiger partial charge in [-0.15, -0.1) is 0 Å². The largest absolute Gasteiger partial charge is 0.465 e. The Kier molecular flexibility index (Phi) is 5.55. The molecule has 34 heavy (non-hydrogen) atoms. The van der Waals surface area contributed by atoms with Gasteiger partial charge >= 0.3 is 5.76 Å². The highest BCUT2D eigenvalue weighted by Crippen LogP contribution is 2.31. The van der Waals surface area contributed by atoms with E-state index in [4.69, 9.17) is 4.74 Å². The molecule has 0 spiro atoms. The van der Waals surface area contributed by atoms with Crippen molar-refractivity contribution in [1.82, 2.24) is 19.7 Å². The van der Waals surface area contributed by atoms with Crippen LogP contribution in [0.1, 0.15) is 29.8 Å². The minimum absolute atomic E-state index is 0.0207. The van der Waals surface area contributed by atoms with Gasteiger partial charge in [-0.3, -0.25) is 18.9 Å². The van der Waals surface area contributed by atoms with Crippen molar-refractivity contribution in [1.29, 1.82) is 0 Å². The van der Waals surface area contributed by atoms with Crippen LogP contribution in [0.5, 0.6) is 6.01 Å². The first-order valence-electron chi connectivity index (χ1n) is 10.9. The van der Waals surface area contributed by atoms with E-state index in [1.807, 2.05) is 78.2 Å². The quantitative estimate of drug-likeness (QED) is 0.358. The maximum atomic E-state index is 12.3. The number of fused-ring (bicyclic) bond motifs is 1. The molecule has 0 saturated carbocycles. The summed E-state index contributed by atoms with van der Waals surface area (Å²) in [6.07, 6.45) is 0. The van der Waals surface area contributed by atoms with Gasteiger partial charge in [-0.05, 0) is 42.7 Å². The van der Waals surface area contributed by atoms with E-state index in [9.17, 15) is 9.59 Å². The molecular weight excluding hydrogens is 432 g/mol. The predicted molar refractivity (Wildman–Crippen MR) is 128 cm³/mol. The van der Waals surface area contributed by atoms with Crippen LogP contribution in [0.2, 0.25) is 0 Å². The van der Waals surface area contributed by atoms with Crippen LogP contribution in [0.4, 0.5) is 0 Å². The van der Waals surface area contributed by atoms with E-state index in [0.717, 1.165) is 33.3 Å². The number of H-pyrrole nitrogens is 1. The molecule has 0 fully saturated rings. The monoisotopic (exact) mass is 454 g/mol. The minimum Gasteiger partial charge on any atom is -0.465 e. The Bertz CT molecular complexity index is 1540. The van der Waals surface area contributed by atoms with Crippen molar-refractivity contribution in [3.8, 4) is 28.5 Å². The van der Waals surface area contributed by atoms with E-state index in [-0.39, 0.29) is 5.78 Å². The van der Waals surface area contributed by atoms with Crippen LogP contribution in [-0.2, 0) is 6.54 Å². The SMILES string of the molecule is CCOc1nc2cccc(C(C)=O)c2n1Cc1ccc(-c2ccccc2-c2noc(=O)[nH]2)cc1. The molecule has 5 aromatic rings. The third kappa shape index (κ3) is 3.90. The molecule has 8 nitrogen and oxygen atoms in total. The number of hydrogen-bond acceptors (Lipinski definition) is 6. The molecule has 5 rings (SSSR count). The van der Waals surface area contributed by atoms with Gasteiger partial charge in [-0.2, -0.15) is 4.98 Å². The summed E-state index contributed by atoms with van der Waals surface area (Å²) < 4.78 is 12.4. The zero-order valence-corrected chi connectivity index (χ0v) is 18.7. The summed E-state index contributed by atoms with van der Waals surface area (Å²) in [4.78, 5) is 30.9. The Labute approximate surface area is 194 Å². The summed E-state index contributed by atoms with van der Waals surface area (Å²) in [7, 11) is 0. The number of imidazole rings is 1. The van der Waals surface area contributed by atoms with Crippen molar-refractivity contribution >= 4 is 16.8 Å². The second-order valence-electron chi connectivity index (χ2n) is 7.83. The van der Waals surface area contributed by atoms with Gasteiger partial charge in [0, 0.05) is 11.1 Å². The van der Waals surface area contributed by atoms with E-state index >= 15 is 0 Å². The van der Waals surface area contributed by atoms with Gasteiger partial charge in [0.1, 0.15) is 0 Å². The first-order valence-corrected chi connectivity index (χ1v) is 10.9. The lowest BCUT2D eigenvalue weighted by Gasteiger charge is -2.12. The van der Waals surface area contributed by atoms with E-state index in [0.29, 0.717) is 30.5 Å². The van der Waals surface area contributed by atoms with Crippen LogP contribution >= 0.6 is 0 Å². The summed E-state index contributed by atoms with van der Waals surface area (Å²) in [5, 5.41) is 3.82. The molecule has 0 aliphatic carbocycles. The molecule has 0 aliphatic heterocycles. The smallest absolute Gasteiger partial charge is 0.439 e. The lowest BCUT2D eigenvalue weighted by atomic mass is 9.98. The Hall–Kier alpha value is -4.46. The number of rotatable bonds is 7. The number of ether oxygens (including phenoxy) is 1. The Morgan fingerprint density at radius 1 is 1.03 bits per heavy atom. The van der Waals surface area contributed by atoms with E-state index in [1.54, 1.807) is 6.92 Å². The summed E-state index contributed by atoms with van der Waals surface area (Å²) >= 11 is 0. The molecule has 0 atom stereocenters. The number of hydrogen-bond donors (Lipinski definition) is 1. The highest BCUT2D eigenvalue weighted by molar-refractivity contribution is 6.05. The molecule has 2 aromatic heterocycles. The summed E-state index contributed by atoms with van der Waals surface area (Å²) in [5.41, 5.74) is 5.78. The van der Waals surface area contributed by atoms with Gasteiger partial charge in [0.05, 0.1) is 24.2 Å². The highest BCUT2D eigenvalue weighted by Gasteiger charge is 2.18. The minimum atomic E-state index is -0.595. The van der Waals surface area contributed by atoms with Crippen molar-refractivity contribution < 1.29 is 14.1 Å². The summed E-state index contributed by atoms with van der Waals surface area (Å²) in [6.45, 7) is 4.43. The molecule has 0 unspecified atom stereocenters. The predicted octanol–water partition coefficient (Wildman–Crippen LogP) is 4.70. The van der Waals surface area contributed by atoms with E-state index in [1.165, 1.54) is 0 Å². The number of aromatic nitrogens is 4. The van der Waals surface area contributed by atoms with Gasteiger partial charge in [0.15, 0.2) is 11.6 Å². The van der Waals surface area contributed by atoms with Crippen molar-refractivity contribution in [3.63, 3.8) is 0 Å². The van der Waals surface area contributed by atoms with Crippen molar-refractivity contribution in [2.75, 3.05) is 6.61 Å². The Morgan fingerprint density at radius 3 is 2.47 bits per heavy atom. The molecule has 0 bridgehead atoms. The molecule has 1 N–H and O–H groups in total. The molecule has 3 aromatic carbocycles. The lowest BCUT2D eigenvalue weighted by molar-refractivity contribution is 0.101. The van der Waals surface area contributed by atoms with Crippen LogP contribution in [0, 0.1) is 0 Å². The maximum Gasteiger partial charge on any atom is 0.439 e. The van der Waals surface area contributed by atoms with E-state index < -0.39 is 5.76 Å². The normalized spacial score (nSPS) is 11.1. The average molecular weight is 454 g/mol. The first-order chi connectivity index (χ1) is 16.5. The third-order valence-corrected chi connectivity index (χ3v) is 5.61. The number of nitrogens with zero attached hydrogens (tertiary/aromatic N) is 3. The highest BCUT2D eigenvalue weighted by atomic mass is 16.5. The summed E-state index contributed by atoms with van der Waals surface area (Å²) in [6, 6.07) is 21.7. The number of nitrogens with one attached hydrogen (secondary N) is 1. The van der Waals surface area contributed by atoms with Crippen LogP contribution in [0.3, 0.4) is 0 Å². The number of carbonyl (C=O) groups excluding carboxylic acids is 1. The van der Waals surface area contributed by atoms with Gasteiger partial charge in [-0.1, -0.05) is 59.8 Å². The van der Waals surface area contributed by atoms with Gasteiger partial charge in [-0.25, -0.2) is 4.79 Å². The van der Waals surface area contributed by atoms with Crippen molar-refractivity contribution in [2.24, 2.45) is 0 Å². The van der Waals surface area contributed by atoms with Crippen molar-refractivity contribution in [3.05, 3.63) is 88.4 Å². The van der Waals surface area contributed by atoms with Gasteiger partial charge in [0.25, 0.3) is 6.01 Å². The average Bonchev–Trinajstić information content (AvgIpc) is 3.43. The van der Waals surface area contributed by atoms with Crippen LogP contribution in [-0.4, -0.2) is 32.1 Å². The molecule has 8 heteroatoms. The van der Waals surface area contributed by atoms with Crippen molar-refractivity contribution in [2.45, 2.75) is 20.4 Å². The lowest BCUT2D eigenvalue weighted by Crippen LogP contribution is -2.07. The number of ketones is 1. The number of para-hydroxylation sites is 1. The van der Waals surface area contributed by atoms with Gasteiger partial charge < -0.3 is 4.74 Å². The first kappa shape index (κ1) is 21.4. The van der Waals surface area contributed by atoms with E-state index in [2.05, 4.69) is 19.6 Å². The zero-order valence-electron chi connectivity index (χ0n) is 18.7. The van der Waals surface area contributed by atoms with Crippen LogP contribution in [0.25, 0.3) is 33.5 Å². The van der Waals surface area contributed by atoms with Crippen LogP contribution in [0.15, 0.2) is 76.0 Å². The van der Waals surface area contributed by atoms with Crippen LogP contribution < -0.4 is 10.5 Å². The second-order valence-corrected chi connectivity index (χ2v) is 7.83. The fourth-order valence-electron chi connectivity index (χ4n) is 4.09. The fraction of sp³-hybridized carbons (Fsp3) is 0.154.